The minimum atomic E-state index is 1.00. The standard InChI is InChI=1S/C3H4N2S.CH2N4/c1-3-2-6-5-4-3;1-2-4-5-3-1/h2H,1H3;1H,(H,2,3,4,5). The van der Waals surface area contributed by atoms with Crippen molar-refractivity contribution in [1.29, 1.82) is 0 Å². The normalized spacial score (nSPS) is 8.45. The van der Waals surface area contributed by atoms with Gasteiger partial charge in [-0.3, -0.25) is 0 Å². The maximum atomic E-state index is 3.69. The Kier molecular flexibility index (Phi) is 3.13. The number of H-pyrrole nitrogens is 1. The fraction of sp³-hybridized carbons (Fsp3) is 0.250. The maximum absolute atomic E-state index is 3.69. The molecule has 0 aliphatic rings. The Balaban J connectivity index is 0.000000112. The highest BCUT2D eigenvalue weighted by molar-refractivity contribution is 7.03. The molecule has 0 radical (unpaired) electrons. The van der Waals surface area contributed by atoms with Crippen molar-refractivity contribution in [3.05, 3.63) is 17.4 Å². The first-order valence-electron chi connectivity index (χ1n) is 2.80. The topological polar surface area (TPSA) is 80.2 Å². The summed E-state index contributed by atoms with van der Waals surface area (Å²) in [5.41, 5.74) is 1.00. The smallest absolute Gasteiger partial charge is 0.135 e. The Bertz CT molecular complexity index is 233. The highest BCUT2D eigenvalue weighted by Crippen LogP contribution is 1.90. The van der Waals surface area contributed by atoms with Gasteiger partial charge in [-0.2, -0.15) is 0 Å². The summed E-state index contributed by atoms with van der Waals surface area (Å²) in [6, 6.07) is 0. The minimum absolute atomic E-state index is 1.00. The van der Waals surface area contributed by atoms with Crippen molar-refractivity contribution in [2.45, 2.75) is 6.92 Å². The molecule has 11 heavy (non-hydrogen) atoms. The van der Waals surface area contributed by atoms with Crippen LogP contribution in [0.25, 0.3) is 0 Å². The molecule has 2 aromatic rings. The van der Waals surface area contributed by atoms with Gasteiger partial charge < -0.3 is 0 Å². The van der Waals surface area contributed by atoms with E-state index in [2.05, 4.69) is 30.2 Å². The van der Waals surface area contributed by atoms with Crippen molar-refractivity contribution >= 4 is 11.5 Å². The number of aromatic nitrogens is 6. The van der Waals surface area contributed by atoms with Gasteiger partial charge >= 0.3 is 0 Å². The van der Waals surface area contributed by atoms with E-state index in [1.807, 2.05) is 12.3 Å². The van der Waals surface area contributed by atoms with Crippen molar-refractivity contribution in [1.82, 2.24) is 30.2 Å². The molecule has 0 unspecified atom stereocenters. The van der Waals surface area contributed by atoms with Gasteiger partial charge in [-0.25, -0.2) is 5.10 Å². The van der Waals surface area contributed by atoms with E-state index in [1.165, 1.54) is 17.9 Å². The Labute approximate surface area is 66.8 Å². The van der Waals surface area contributed by atoms with Gasteiger partial charge in [0.1, 0.15) is 6.33 Å². The number of aryl methyl sites for hydroxylation is 1. The predicted octanol–water partition coefficient (Wildman–Crippen LogP) is 0.0462. The number of nitrogens with zero attached hydrogens (tertiary/aromatic N) is 5. The lowest BCUT2D eigenvalue weighted by Crippen LogP contribution is -1.64. The van der Waals surface area contributed by atoms with Crippen LogP contribution in [0.4, 0.5) is 0 Å². The summed E-state index contributed by atoms with van der Waals surface area (Å²) in [6.45, 7) is 1.92. The Morgan fingerprint density at radius 2 is 2.45 bits per heavy atom. The average molecular weight is 170 g/mol. The van der Waals surface area contributed by atoms with Gasteiger partial charge in [-0.15, -0.1) is 10.2 Å². The van der Waals surface area contributed by atoms with Crippen molar-refractivity contribution in [2.75, 3.05) is 0 Å². The van der Waals surface area contributed by atoms with Crippen LogP contribution in [0.5, 0.6) is 0 Å². The minimum Gasteiger partial charge on any atom is -0.246 e. The van der Waals surface area contributed by atoms with Gasteiger partial charge in [0.05, 0.1) is 5.69 Å². The van der Waals surface area contributed by atoms with Gasteiger partial charge in [0.25, 0.3) is 0 Å². The molecule has 0 aliphatic heterocycles. The molecule has 6 nitrogen and oxygen atoms in total. The molecular weight excluding hydrogens is 164 g/mol. The highest BCUT2D eigenvalue weighted by Gasteiger charge is 1.78. The molecule has 0 saturated heterocycles. The molecular formula is C4H6N6S. The third-order valence-corrected chi connectivity index (χ3v) is 1.36. The molecule has 0 fully saturated rings. The molecule has 7 heteroatoms. The molecule has 58 valence electrons. The lowest BCUT2D eigenvalue weighted by atomic mass is 10.6. The molecule has 0 saturated carbocycles. The lowest BCUT2D eigenvalue weighted by molar-refractivity contribution is 0.881. The summed E-state index contributed by atoms with van der Waals surface area (Å²) in [5, 5.41) is 17.7. The van der Waals surface area contributed by atoms with Crippen LogP contribution in [0.2, 0.25) is 0 Å². The summed E-state index contributed by atoms with van der Waals surface area (Å²) in [7, 11) is 0. The van der Waals surface area contributed by atoms with E-state index in [9.17, 15) is 0 Å². The van der Waals surface area contributed by atoms with Gasteiger partial charge in [-0.05, 0) is 28.9 Å². The van der Waals surface area contributed by atoms with Crippen LogP contribution in [0.1, 0.15) is 5.69 Å². The van der Waals surface area contributed by atoms with Crippen LogP contribution >= 0.6 is 11.5 Å². The van der Waals surface area contributed by atoms with Crippen LogP contribution in [0, 0.1) is 6.92 Å². The van der Waals surface area contributed by atoms with Crippen LogP contribution < -0.4 is 0 Å². The molecule has 0 aromatic carbocycles. The number of hydrogen-bond donors (Lipinski definition) is 1. The van der Waals surface area contributed by atoms with E-state index in [1.54, 1.807) is 0 Å². The summed E-state index contributed by atoms with van der Waals surface area (Å²) in [6.07, 6.45) is 1.40. The molecule has 0 atom stereocenters. The fourth-order valence-corrected chi connectivity index (χ4v) is 0.763. The third kappa shape index (κ3) is 3.36. The van der Waals surface area contributed by atoms with E-state index >= 15 is 0 Å². The summed E-state index contributed by atoms with van der Waals surface area (Å²) < 4.78 is 3.61. The lowest BCUT2D eigenvalue weighted by Gasteiger charge is -1.61. The molecule has 2 aromatic heterocycles. The van der Waals surface area contributed by atoms with E-state index in [4.69, 9.17) is 0 Å². The van der Waals surface area contributed by atoms with Gasteiger partial charge in [0.15, 0.2) is 0 Å². The second-order valence-electron chi connectivity index (χ2n) is 1.61. The maximum Gasteiger partial charge on any atom is 0.135 e. The molecule has 0 aliphatic carbocycles. The quantitative estimate of drug-likeness (QED) is 0.604. The van der Waals surface area contributed by atoms with E-state index < -0.39 is 0 Å². The third-order valence-electron chi connectivity index (χ3n) is 0.739. The van der Waals surface area contributed by atoms with Gasteiger partial charge in [-0.1, -0.05) is 4.49 Å². The molecule has 0 spiro atoms. The van der Waals surface area contributed by atoms with Crippen LogP contribution in [-0.4, -0.2) is 30.2 Å². The van der Waals surface area contributed by atoms with Crippen LogP contribution in [0.15, 0.2) is 11.7 Å². The highest BCUT2D eigenvalue weighted by atomic mass is 32.1. The number of nitrogens with one attached hydrogen (secondary N) is 1. The first kappa shape index (κ1) is 7.73. The number of rotatable bonds is 0. The first-order chi connectivity index (χ1) is 5.39. The number of hydrogen-bond acceptors (Lipinski definition) is 6. The summed E-state index contributed by atoms with van der Waals surface area (Å²) in [5.74, 6) is 0. The molecule has 0 bridgehead atoms. The van der Waals surface area contributed by atoms with Gasteiger partial charge in [0.2, 0.25) is 0 Å². The van der Waals surface area contributed by atoms with E-state index in [-0.39, 0.29) is 0 Å². The van der Waals surface area contributed by atoms with Crippen molar-refractivity contribution in [2.24, 2.45) is 0 Å². The zero-order chi connectivity index (χ0) is 7.94. The predicted molar refractivity (Wildman–Crippen MR) is 38.8 cm³/mol. The average Bonchev–Trinajstić information content (AvgIpc) is 2.57. The largest absolute Gasteiger partial charge is 0.246 e. The van der Waals surface area contributed by atoms with Crippen molar-refractivity contribution in [3.63, 3.8) is 0 Å². The van der Waals surface area contributed by atoms with E-state index in [0.717, 1.165) is 5.69 Å². The zero-order valence-electron chi connectivity index (χ0n) is 5.80. The zero-order valence-corrected chi connectivity index (χ0v) is 6.62. The van der Waals surface area contributed by atoms with Gasteiger partial charge in [0, 0.05) is 5.38 Å². The number of aromatic amines is 1. The molecule has 1 N–H and O–H groups in total. The summed E-state index contributed by atoms with van der Waals surface area (Å²) in [4.78, 5) is 0. The van der Waals surface area contributed by atoms with Crippen LogP contribution in [-0.2, 0) is 0 Å². The summed E-state index contributed by atoms with van der Waals surface area (Å²) >= 11 is 1.38. The Morgan fingerprint density at radius 1 is 1.55 bits per heavy atom. The SMILES string of the molecule is Cc1csnn1.c1nnn[nH]1. The second-order valence-corrected chi connectivity index (χ2v) is 2.22. The molecule has 2 rings (SSSR count). The van der Waals surface area contributed by atoms with E-state index in [0.29, 0.717) is 0 Å². The first-order valence-corrected chi connectivity index (χ1v) is 3.64. The molecule has 0 amide bonds. The van der Waals surface area contributed by atoms with Crippen molar-refractivity contribution in [3.8, 4) is 0 Å². The number of tetrazole rings is 1. The Hall–Kier alpha value is -1.37. The van der Waals surface area contributed by atoms with Crippen molar-refractivity contribution < 1.29 is 0 Å². The van der Waals surface area contributed by atoms with Crippen LogP contribution in [0.3, 0.4) is 0 Å². The molecule has 2 heterocycles. The fourth-order valence-electron chi connectivity index (χ4n) is 0.340. The second kappa shape index (κ2) is 4.45. The Morgan fingerprint density at radius 3 is 2.64 bits per heavy atom. The monoisotopic (exact) mass is 170 g/mol.